The van der Waals surface area contributed by atoms with Crippen LogP contribution in [0.4, 0.5) is 5.69 Å². The molecule has 0 bridgehead atoms. The Morgan fingerprint density at radius 1 is 1.03 bits per heavy atom. The van der Waals surface area contributed by atoms with Gasteiger partial charge in [-0.3, -0.25) is 4.79 Å². The number of carbonyl (C=O) groups is 1. The number of amides is 1. The Labute approximate surface area is 192 Å². The van der Waals surface area contributed by atoms with Crippen molar-refractivity contribution in [2.75, 3.05) is 19.6 Å². The number of nitrogens with zero attached hydrogens (tertiary/aromatic N) is 3. The number of aryl methyl sites for hydroxylation is 1. The lowest BCUT2D eigenvalue weighted by Gasteiger charge is -2.41. The molecular weight excluding hydrogens is 422 g/mol. The molecule has 0 aliphatic carbocycles. The van der Waals surface area contributed by atoms with Gasteiger partial charge in [0.25, 0.3) is 5.91 Å². The molecule has 1 fully saturated rings. The number of benzene rings is 3. The number of para-hydroxylation sites is 2. The molecule has 1 atom stereocenters. The Balaban J connectivity index is 1.46. The molecular formula is C26H24ClN3O2. The lowest BCUT2D eigenvalue weighted by Crippen LogP contribution is -2.55. The maximum atomic E-state index is 13.1. The van der Waals surface area contributed by atoms with E-state index in [1.54, 1.807) is 12.1 Å². The minimum absolute atomic E-state index is 0.00683. The summed E-state index contributed by atoms with van der Waals surface area (Å²) in [4.78, 5) is 22.3. The number of hydrogen-bond donors (Lipinski definition) is 0. The van der Waals surface area contributed by atoms with Crippen molar-refractivity contribution in [2.45, 2.75) is 19.9 Å². The van der Waals surface area contributed by atoms with E-state index >= 15 is 0 Å². The van der Waals surface area contributed by atoms with Gasteiger partial charge in [-0.1, -0.05) is 41.4 Å². The molecule has 1 amide bonds. The first-order valence-corrected chi connectivity index (χ1v) is 11.2. The van der Waals surface area contributed by atoms with Crippen molar-refractivity contribution in [3.8, 4) is 11.5 Å². The Bertz CT molecular complexity index is 1220. The number of piperazine rings is 1. The number of amidine groups is 1. The molecule has 3 aromatic carbocycles. The molecule has 1 unspecified atom stereocenters. The third-order valence-electron chi connectivity index (χ3n) is 5.95. The Kier molecular flexibility index (Phi) is 5.35. The van der Waals surface area contributed by atoms with Crippen LogP contribution in [0.3, 0.4) is 0 Å². The number of ether oxygens (including phenoxy) is 1. The summed E-state index contributed by atoms with van der Waals surface area (Å²) in [6.07, 6.45) is 0. The van der Waals surface area contributed by atoms with Crippen molar-refractivity contribution in [3.63, 3.8) is 0 Å². The highest BCUT2D eigenvalue weighted by molar-refractivity contribution is 6.31. The minimum Gasteiger partial charge on any atom is -0.454 e. The summed E-state index contributed by atoms with van der Waals surface area (Å²) in [5, 5.41) is 0.570. The van der Waals surface area contributed by atoms with E-state index in [0.29, 0.717) is 30.2 Å². The van der Waals surface area contributed by atoms with Crippen molar-refractivity contribution in [3.05, 3.63) is 88.4 Å². The van der Waals surface area contributed by atoms with Crippen molar-refractivity contribution in [1.82, 2.24) is 9.80 Å². The van der Waals surface area contributed by atoms with Gasteiger partial charge in [-0.2, -0.15) is 0 Å². The van der Waals surface area contributed by atoms with Crippen molar-refractivity contribution < 1.29 is 9.53 Å². The predicted molar refractivity (Wildman–Crippen MR) is 127 cm³/mol. The highest BCUT2D eigenvalue weighted by Crippen LogP contribution is 2.38. The van der Waals surface area contributed by atoms with Crippen LogP contribution in [0.5, 0.6) is 11.5 Å². The van der Waals surface area contributed by atoms with Gasteiger partial charge in [-0.15, -0.1) is 0 Å². The summed E-state index contributed by atoms with van der Waals surface area (Å²) in [7, 11) is 0. The summed E-state index contributed by atoms with van der Waals surface area (Å²) < 4.78 is 6.22. The van der Waals surface area contributed by atoms with E-state index in [2.05, 4.69) is 30.9 Å². The van der Waals surface area contributed by atoms with Gasteiger partial charge in [-0.05, 0) is 56.3 Å². The van der Waals surface area contributed by atoms with E-state index in [0.717, 1.165) is 34.1 Å². The molecule has 6 heteroatoms. The van der Waals surface area contributed by atoms with E-state index in [1.807, 2.05) is 47.4 Å². The smallest absolute Gasteiger partial charge is 0.254 e. The molecule has 0 N–H and O–H groups in total. The van der Waals surface area contributed by atoms with E-state index in [4.69, 9.17) is 21.3 Å². The standard InChI is InChI=1S/C26H24ClN3O2/c1-17-10-11-23-21(14-17)25(28-22-8-3-4-9-24(22)32-23)29-12-13-30(18(2)16-29)26(31)19-6-5-7-20(27)15-19/h3-11,14-15,18H,12-13,16H2,1-2H3. The Morgan fingerprint density at radius 3 is 2.69 bits per heavy atom. The molecule has 1 saturated heterocycles. The van der Waals surface area contributed by atoms with Gasteiger partial charge in [0, 0.05) is 36.3 Å². The minimum atomic E-state index is 0.00683. The van der Waals surface area contributed by atoms with Crippen LogP contribution >= 0.6 is 11.6 Å². The first kappa shape index (κ1) is 20.6. The van der Waals surface area contributed by atoms with Gasteiger partial charge in [0.05, 0.1) is 5.56 Å². The molecule has 2 aliphatic rings. The van der Waals surface area contributed by atoms with Crippen LogP contribution < -0.4 is 4.74 Å². The van der Waals surface area contributed by atoms with Crippen LogP contribution in [0.15, 0.2) is 71.7 Å². The third kappa shape index (κ3) is 3.84. The molecule has 0 aromatic heterocycles. The molecule has 0 spiro atoms. The van der Waals surface area contributed by atoms with Crippen LogP contribution in [-0.2, 0) is 0 Å². The van der Waals surface area contributed by atoms with E-state index < -0.39 is 0 Å². The fourth-order valence-corrected chi connectivity index (χ4v) is 4.51. The highest BCUT2D eigenvalue weighted by atomic mass is 35.5. The van der Waals surface area contributed by atoms with Gasteiger partial charge < -0.3 is 14.5 Å². The number of halogens is 1. The maximum absolute atomic E-state index is 13.1. The van der Waals surface area contributed by atoms with Crippen molar-refractivity contribution in [2.24, 2.45) is 4.99 Å². The van der Waals surface area contributed by atoms with E-state index in [-0.39, 0.29) is 11.9 Å². The average molecular weight is 446 g/mol. The first-order valence-electron chi connectivity index (χ1n) is 10.8. The van der Waals surface area contributed by atoms with Gasteiger partial charge in [0.2, 0.25) is 0 Å². The number of hydrogen-bond acceptors (Lipinski definition) is 4. The van der Waals surface area contributed by atoms with E-state index in [1.165, 1.54) is 0 Å². The summed E-state index contributed by atoms with van der Waals surface area (Å²) in [5.74, 6) is 2.43. The second kappa shape index (κ2) is 8.32. The van der Waals surface area contributed by atoms with Crippen molar-refractivity contribution >= 4 is 29.0 Å². The largest absolute Gasteiger partial charge is 0.454 e. The van der Waals surface area contributed by atoms with Crippen LogP contribution in [-0.4, -0.2) is 47.2 Å². The van der Waals surface area contributed by atoms with Gasteiger partial charge in [0.15, 0.2) is 5.75 Å². The topological polar surface area (TPSA) is 45.1 Å². The average Bonchev–Trinajstić information content (AvgIpc) is 2.95. The molecule has 2 heterocycles. The molecule has 5 rings (SSSR count). The fraction of sp³-hybridized carbons (Fsp3) is 0.231. The number of rotatable bonds is 1. The van der Waals surface area contributed by atoms with Crippen molar-refractivity contribution in [1.29, 1.82) is 0 Å². The number of carbonyl (C=O) groups excluding carboxylic acids is 1. The zero-order valence-corrected chi connectivity index (χ0v) is 18.8. The SMILES string of the molecule is Cc1ccc2c(c1)C(N1CCN(C(=O)c3cccc(Cl)c3)C(C)C1)=Nc1ccccc1O2. The summed E-state index contributed by atoms with van der Waals surface area (Å²) >= 11 is 6.10. The summed E-state index contributed by atoms with van der Waals surface area (Å²) in [5.41, 5.74) is 3.55. The zero-order chi connectivity index (χ0) is 22.2. The fourth-order valence-electron chi connectivity index (χ4n) is 4.32. The quantitative estimate of drug-likeness (QED) is 0.484. The normalized spacial score (nSPS) is 17.6. The second-order valence-electron chi connectivity index (χ2n) is 8.31. The van der Waals surface area contributed by atoms with Gasteiger partial charge in [0.1, 0.15) is 17.3 Å². The van der Waals surface area contributed by atoms with Gasteiger partial charge in [-0.25, -0.2) is 4.99 Å². The Hall–Kier alpha value is -3.31. The van der Waals surface area contributed by atoms with E-state index in [9.17, 15) is 4.79 Å². The predicted octanol–water partition coefficient (Wildman–Crippen LogP) is 5.68. The molecule has 3 aromatic rings. The molecule has 0 saturated carbocycles. The third-order valence-corrected chi connectivity index (χ3v) is 6.18. The van der Waals surface area contributed by atoms with Crippen LogP contribution in [0.1, 0.15) is 28.4 Å². The Morgan fingerprint density at radius 2 is 1.88 bits per heavy atom. The number of fused-ring (bicyclic) bond motifs is 2. The molecule has 32 heavy (non-hydrogen) atoms. The number of aliphatic imine (C=N–C) groups is 1. The summed E-state index contributed by atoms with van der Waals surface area (Å²) in [6.45, 7) is 6.12. The second-order valence-corrected chi connectivity index (χ2v) is 8.75. The summed E-state index contributed by atoms with van der Waals surface area (Å²) in [6, 6.07) is 21.2. The van der Waals surface area contributed by atoms with Crippen LogP contribution in [0.25, 0.3) is 0 Å². The van der Waals surface area contributed by atoms with Crippen LogP contribution in [0, 0.1) is 6.92 Å². The first-order chi connectivity index (χ1) is 15.5. The molecule has 0 radical (unpaired) electrons. The van der Waals surface area contributed by atoms with Gasteiger partial charge >= 0.3 is 0 Å². The zero-order valence-electron chi connectivity index (χ0n) is 18.1. The lowest BCUT2D eigenvalue weighted by atomic mass is 10.1. The molecule has 5 nitrogen and oxygen atoms in total. The lowest BCUT2D eigenvalue weighted by molar-refractivity contribution is 0.0581. The molecule has 162 valence electrons. The maximum Gasteiger partial charge on any atom is 0.254 e. The highest BCUT2D eigenvalue weighted by Gasteiger charge is 2.32. The van der Waals surface area contributed by atoms with Crippen LogP contribution in [0.2, 0.25) is 5.02 Å². The molecule has 2 aliphatic heterocycles. The monoisotopic (exact) mass is 445 g/mol.